The van der Waals surface area contributed by atoms with Crippen molar-refractivity contribution in [1.29, 1.82) is 0 Å². The SMILES string of the molecule is C=CCNC(=NCC(=O)NC(C)(C)C)NCC=C. The topological polar surface area (TPSA) is 65.5 Å². The molecule has 0 bridgehead atoms. The molecule has 102 valence electrons. The van der Waals surface area contributed by atoms with Crippen molar-refractivity contribution >= 4 is 11.9 Å². The highest BCUT2D eigenvalue weighted by atomic mass is 16.2. The first-order valence-corrected chi connectivity index (χ1v) is 5.94. The van der Waals surface area contributed by atoms with Crippen LogP contribution < -0.4 is 16.0 Å². The fourth-order valence-corrected chi connectivity index (χ4v) is 1.12. The molecule has 1 amide bonds. The van der Waals surface area contributed by atoms with E-state index in [1.165, 1.54) is 0 Å². The highest BCUT2D eigenvalue weighted by molar-refractivity contribution is 5.85. The van der Waals surface area contributed by atoms with Crippen molar-refractivity contribution in [3.8, 4) is 0 Å². The van der Waals surface area contributed by atoms with Crippen LogP contribution in [-0.2, 0) is 4.79 Å². The molecule has 0 aliphatic carbocycles. The summed E-state index contributed by atoms with van der Waals surface area (Å²) in [6.07, 6.45) is 3.45. The maximum Gasteiger partial charge on any atom is 0.242 e. The largest absolute Gasteiger partial charge is 0.353 e. The van der Waals surface area contributed by atoms with Gasteiger partial charge in [-0.3, -0.25) is 4.79 Å². The summed E-state index contributed by atoms with van der Waals surface area (Å²) in [5.74, 6) is 0.458. The molecule has 0 saturated heterocycles. The molecule has 0 heterocycles. The lowest BCUT2D eigenvalue weighted by Gasteiger charge is -2.20. The van der Waals surface area contributed by atoms with Crippen molar-refractivity contribution in [2.75, 3.05) is 19.6 Å². The molecule has 0 aromatic rings. The monoisotopic (exact) mass is 252 g/mol. The van der Waals surface area contributed by atoms with E-state index >= 15 is 0 Å². The molecule has 0 aliphatic heterocycles. The number of amides is 1. The van der Waals surface area contributed by atoms with Crippen LogP contribution in [-0.4, -0.2) is 37.0 Å². The van der Waals surface area contributed by atoms with Crippen molar-refractivity contribution in [2.24, 2.45) is 4.99 Å². The van der Waals surface area contributed by atoms with E-state index in [4.69, 9.17) is 0 Å². The van der Waals surface area contributed by atoms with Gasteiger partial charge in [-0.2, -0.15) is 0 Å². The lowest BCUT2D eigenvalue weighted by Crippen LogP contribution is -2.43. The van der Waals surface area contributed by atoms with Crippen molar-refractivity contribution in [3.63, 3.8) is 0 Å². The molecule has 0 saturated carbocycles. The van der Waals surface area contributed by atoms with E-state index in [9.17, 15) is 4.79 Å². The minimum atomic E-state index is -0.240. The van der Waals surface area contributed by atoms with Gasteiger partial charge in [-0.15, -0.1) is 13.2 Å². The highest BCUT2D eigenvalue weighted by Gasteiger charge is 2.12. The number of hydrogen-bond donors (Lipinski definition) is 3. The number of carbonyl (C=O) groups is 1. The molecule has 0 radical (unpaired) electrons. The van der Waals surface area contributed by atoms with Crippen LogP contribution in [0.4, 0.5) is 0 Å². The fourth-order valence-electron chi connectivity index (χ4n) is 1.12. The van der Waals surface area contributed by atoms with Gasteiger partial charge in [0, 0.05) is 18.6 Å². The smallest absolute Gasteiger partial charge is 0.242 e. The molecule has 0 aromatic heterocycles. The van der Waals surface area contributed by atoms with Gasteiger partial charge in [-0.05, 0) is 20.8 Å². The molecule has 3 N–H and O–H groups in total. The van der Waals surface area contributed by atoms with E-state index in [0.717, 1.165) is 0 Å². The first-order valence-electron chi connectivity index (χ1n) is 5.94. The number of carbonyl (C=O) groups excluding carboxylic acids is 1. The minimum Gasteiger partial charge on any atom is -0.353 e. The van der Waals surface area contributed by atoms with Gasteiger partial charge in [0.15, 0.2) is 5.96 Å². The molecule has 0 rings (SSSR count). The zero-order chi connectivity index (χ0) is 14.0. The number of aliphatic imine (C=N–C) groups is 1. The normalized spacial score (nSPS) is 10.2. The van der Waals surface area contributed by atoms with E-state index in [2.05, 4.69) is 34.1 Å². The number of rotatable bonds is 6. The lowest BCUT2D eigenvalue weighted by atomic mass is 10.1. The molecular weight excluding hydrogens is 228 g/mol. The zero-order valence-corrected chi connectivity index (χ0v) is 11.5. The van der Waals surface area contributed by atoms with Gasteiger partial charge in [0.05, 0.1) is 0 Å². The second kappa shape index (κ2) is 8.33. The van der Waals surface area contributed by atoms with Crippen LogP contribution in [0.5, 0.6) is 0 Å². The van der Waals surface area contributed by atoms with Crippen LogP contribution in [0.15, 0.2) is 30.3 Å². The van der Waals surface area contributed by atoms with Crippen LogP contribution in [0.3, 0.4) is 0 Å². The molecule has 0 fully saturated rings. The number of guanidine groups is 1. The van der Waals surface area contributed by atoms with Gasteiger partial charge in [0.1, 0.15) is 6.54 Å². The molecule has 0 aromatic carbocycles. The first kappa shape index (κ1) is 16.2. The Balaban J connectivity index is 4.31. The summed E-state index contributed by atoms with van der Waals surface area (Å²) in [5, 5.41) is 8.88. The van der Waals surface area contributed by atoms with Gasteiger partial charge < -0.3 is 16.0 Å². The van der Waals surface area contributed by atoms with Crippen molar-refractivity contribution < 1.29 is 4.79 Å². The first-order chi connectivity index (χ1) is 8.39. The minimum absolute atomic E-state index is 0.0842. The van der Waals surface area contributed by atoms with Gasteiger partial charge in [0.25, 0.3) is 0 Å². The Hall–Kier alpha value is -1.78. The summed E-state index contributed by atoms with van der Waals surface area (Å²) >= 11 is 0. The Morgan fingerprint density at radius 2 is 1.67 bits per heavy atom. The third-order valence-electron chi connectivity index (χ3n) is 1.72. The number of hydrogen-bond acceptors (Lipinski definition) is 2. The molecule has 0 aliphatic rings. The molecule has 5 heteroatoms. The quantitative estimate of drug-likeness (QED) is 0.372. The van der Waals surface area contributed by atoms with Gasteiger partial charge in [-0.1, -0.05) is 12.2 Å². The standard InChI is InChI=1S/C13H24N4O/c1-6-8-14-12(15-9-7-2)16-10-11(18)17-13(3,4)5/h6-7H,1-2,8-10H2,3-5H3,(H,17,18)(H2,14,15,16). The van der Waals surface area contributed by atoms with Crippen molar-refractivity contribution in [1.82, 2.24) is 16.0 Å². The molecular formula is C13H24N4O. The second-order valence-corrected chi connectivity index (χ2v) is 4.80. The summed E-state index contributed by atoms with van der Waals surface area (Å²) < 4.78 is 0. The van der Waals surface area contributed by atoms with Crippen LogP contribution in [0.1, 0.15) is 20.8 Å². The third kappa shape index (κ3) is 9.45. The van der Waals surface area contributed by atoms with Crippen LogP contribution in [0, 0.1) is 0 Å². The third-order valence-corrected chi connectivity index (χ3v) is 1.72. The predicted octanol–water partition coefficient (Wildman–Crippen LogP) is 0.808. The summed E-state index contributed by atoms with van der Waals surface area (Å²) in [6.45, 7) is 14.3. The number of nitrogens with zero attached hydrogens (tertiary/aromatic N) is 1. The summed E-state index contributed by atoms with van der Waals surface area (Å²) in [5.41, 5.74) is -0.240. The fraction of sp³-hybridized carbons (Fsp3) is 0.538. The van der Waals surface area contributed by atoms with Crippen LogP contribution in [0.2, 0.25) is 0 Å². The van der Waals surface area contributed by atoms with Crippen LogP contribution in [0.25, 0.3) is 0 Å². The molecule has 0 spiro atoms. The Kier molecular flexibility index (Phi) is 7.51. The van der Waals surface area contributed by atoms with Crippen molar-refractivity contribution in [2.45, 2.75) is 26.3 Å². The molecule has 0 unspecified atom stereocenters. The van der Waals surface area contributed by atoms with Gasteiger partial charge in [-0.25, -0.2) is 4.99 Å². The van der Waals surface area contributed by atoms with Crippen LogP contribution >= 0.6 is 0 Å². The zero-order valence-electron chi connectivity index (χ0n) is 11.5. The maximum absolute atomic E-state index is 11.6. The Morgan fingerprint density at radius 3 is 2.06 bits per heavy atom. The lowest BCUT2D eigenvalue weighted by molar-refractivity contribution is -0.121. The van der Waals surface area contributed by atoms with E-state index < -0.39 is 0 Å². The number of nitrogens with one attached hydrogen (secondary N) is 3. The summed E-state index contributed by atoms with van der Waals surface area (Å²) in [7, 11) is 0. The Labute approximate surface area is 109 Å². The predicted molar refractivity (Wildman–Crippen MR) is 76.6 cm³/mol. The second-order valence-electron chi connectivity index (χ2n) is 4.80. The van der Waals surface area contributed by atoms with E-state index in [-0.39, 0.29) is 18.0 Å². The molecule has 0 atom stereocenters. The average Bonchev–Trinajstić information content (AvgIpc) is 2.25. The van der Waals surface area contributed by atoms with E-state index in [0.29, 0.717) is 19.0 Å². The van der Waals surface area contributed by atoms with Crippen molar-refractivity contribution in [3.05, 3.63) is 25.3 Å². The summed E-state index contributed by atoms with van der Waals surface area (Å²) in [4.78, 5) is 15.8. The highest BCUT2D eigenvalue weighted by Crippen LogP contribution is 1.97. The Bertz CT molecular complexity index is 301. The van der Waals surface area contributed by atoms with Gasteiger partial charge >= 0.3 is 0 Å². The Morgan fingerprint density at radius 1 is 1.17 bits per heavy atom. The molecule has 18 heavy (non-hydrogen) atoms. The van der Waals surface area contributed by atoms with E-state index in [1.807, 2.05) is 20.8 Å². The van der Waals surface area contributed by atoms with E-state index in [1.54, 1.807) is 12.2 Å². The maximum atomic E-state index is 11.6. The van der Waals surface area contributed by atoms with Gasteiger partial charge in [0.2, 0.25) is 5.91 Å². The average molecular weight is 252 g/mol. The molecule has 5 nitrogen and oxygen atoms in total. The summed E-state index contributed by atoms with van der Waals surface area (Å²) in [6, 6.07) is 0.